The Hall–Kier alpha value is -2.62. The summed E-state index contributed by atoms with van der Waals surface area (Å²) < 4.78 is 12.7. The first-order valence-corrected chi connectivity index (χ1v) is 8.52. The van der Waals surface area contributed by atoms with Gasteiger partial charge in [-0.2, -0.15) is 0 Å². The van der Waals surface area contributed by atoms with Crippen LogP contribution >= 0.6 is 22.6 Å². The summed E-state index contributed by atoms with van der Waals surface area (Å²) in [5.74, 6) is 0.896. The molecule has 1 aromatic heterocycles. The van der Waals surface area contributed by atoms with Crippen molar-refractivity contribution >= 4 is 45.1 Å². The van der Waals surface area contributed by atoms with E-state index in [1.165, 1.54) is 10.9 Å². The number of hydrogen-bond donors (Lipinski definition) is 1. The Morgan fingerprint density at radius 3 is 2.92 bits per heavy atom. The predicted molar refractivity (Wildman–Crippen MR) is 99.9 cm³/mol. The third kappa shape index (κ3) is 3.16. The van der Waals surface area contributed by atoms with E-state index in [4.69, 9.17) is 9.47 Å². The lowest BCUT2D eigenvalue weighted by molar-refractivity contribution is -0.116. The number of carbonyl (C=O) groups excluding carboxylic acids is 1. The number of nitrogens with zero attached hydrogens (tertiary/aromatic N) is 2. The van der Waals surface area contributed by atoms with Crippen LogP contribution in [0, 0.1) is 3.57 Å². The topological polar surface area (TPSA) is 82.5 Å². The third-order valence-corrected chi connectivity index (χ3v) is 4.43. The summed E-state index contributed by atoms with van der Waals surface area (Å²) in [5, 5.41) is 3.23. The average molecular weight is 449 g/mol. The van der Waals surface area contributed by atoms with E-state index in [2.05, 4.69) is 32.9 Å². The molecule has 1 amide bonds. The van der Waals surface area contributed by atoms with E-state index in [1.54, 1.807) is 30.3 Å². The molecule has 4 rings (SSSR count). The molecular weight excluding hydrogens is 437 g/mol. The van der Waals surface area contributed by atoms with Gasteiger partial charge in [-0.3, -0.25) is 14.2 Å². The number of hydrogen-bond acceptors (Lipinski definition) is 5. The van der Waals surface area contributed by atoms with Crippen molar-refractivity contribution in [2.75, 3.05) is 12.1 Å². The highest BCUT2D eigenvalue weighted by molar-refractivity contribution is 14.1. The molecule has 0 bridgehead atoms. The summed E-state index contributed by atoms with van der Waals surface area (Å²) in [4.78, 5) is 29.0. The molecular formula is C17H12IN3O4. The second-order valence-corrected chi connectivity index (χ2v) is 6.70. The average Bonchev–Trinajstić information content (AvgIpc) is 3.05. The molecule has 8 heteroatoms. The second kappa shape index (κ2) is 6.36. The maximum atomic E-state index is 12.5. The van der Waals surface area contributed by atoms with Crippen LogP contribution < -0.4 is 20.3 Å². The summed E-state index contributed by atoms with van der Waals surface area (Å²) >= 11 is 2.13. The van der Waals surface area contributed by atoms with Crippen LogP contribution in [0.25, 0.3) is 10.9 Å². The number of aromatic nitrogens is 2. The Morgan fingerprint density at radius 2 is 2.04 bits per heavy atom. The van der Waals surface area contributed by atoms with Gasteiger partial charge in [0.25, 0.3) is 5.56 Å². The molecule has 0 spiro atoms. The van der Waals surface area contributed by atoms with Crippen molar-refractivity contribution in [2.45, 2.75) is 6.54 Å². The zero-order valence-electron chi connectivity index (χ0n) is 12.9. The zero-order chi connectivity index (χ0) is 17.4. The maximum Gasteiger partial charge on any atom is 0.261 e. The lowest BCUT2D eigenvalue weighted by Gasteiger charge is -2.08. The number of halogens is 1. The van der Waals surface area contributed by atoms with E-state index < -0.39 is 0 Å². The Balaban J connectivity index is 1.55. The molecule has 0 saturated carbocycles. The van der Waals surface area contributed by atoms with E-state index in [9.17, 15) is 9.59 Å². The first-order chi connectivity index (χ1) is 12.1. The van der Waals surface area contributed by atoms with Crippen LogP contribution in [0.1, 0.15) is 0 Å². The van der Waals surface area contributed by atoms with Gasteiger partial charge in [0.05, 0.1) is 17.2 Å². The molecule has 1 aliphatic heterocycles. The molecule has 0 aliphatic carbocycles. The third-order valence-electron chi connectivity index (χ3n) is 3.76. The van der Waals surface area contributed by atoms with Crippen LogP contribution in [0.2, 0.25) is 0 Å². The van der Waals surface area contributed by atoms with Crippen LogP contribution in [0.5, 0.6) is 11.5 Å². The van der Waals surface area contributed by atoms with E-state index in [0.29, 0.717) is 28.1 Å². The highest BCUT2D eigenvalue weighted by Gasteiger charge is 2.15. The minimum atomic E-state index is -0.326. The van der Waals surface area contributed by atoms with Crippen molar-refractivity contribution in [1.82, 2.24) is 9.55 Å². The van der Waals surface area contributed by atoms with Gasteiger partial charge < -0.3 is 14.8 Å². The van der Waals surface area contributed by atoms with E-state index in [-0.39, 0.29) is 24.8 Å². The number of carbonyl (C=O) groups is 1. The maximum absolute atomic E-state index is 12.5. The van der Waals surface area contributed by atoms with Gasteiger partial charge in [-0.1, -0.05) is 0 Å². The van der Waals surface area contributed by atoms with E-state index >= 15 is 0 Å². The minimum absolute atomic E-state index is 0.123. The minimum Gasteiger partial charge on any atom is -0.454 e. The van der Waals surface area contributed by atoms with Crippen molar-refractivity contribution in [3.05, 3.63) is 56.6 Å². The Morgan fingerprint density at radius 1 is 1.20 bits per heavy atom. The fourth-order valence-electron chi connectivity index (χ4n) is 2.57. The van der Waals surface area contributed by atoms with E-state index in [1.807, 2.05) is 6.07 Å². The molecule has 0 fully saturated rings. The van der Waals surface area contributed by atoms with E-state index in [0.717, 1.165) is 3.57 Å². The SMILES string of the molecule is O=C(Cn1cnc2ccc(I)cc2c1=O)Nc1ccc2c(c1)OCO2. The number of fused-ring (bicyclic) bond motifs is 2. The number of anilines is 1. The van der Waals surface area contributed by atoms with Crippen molar-refractivity contribution < 1.29 is 14.3 Å². The largest absolute Gasteiger partial charge is 0.454 e. The van der Waals surface area contributed by atoms with Gasteiger partial charge in [-0.05, 0) is 52.9 Å². The van der Waals surface area contributed by atoms with Gasteiger partial charge >= 0.3 is 0 Å². The van der Waals surface area contributed by atoms with Crippen molar-refractivity contribution in [3.8, 4) is 11.5 Å². The molecule has 0 saturated heterocycles. The summed E-state index contributed by atoms with van der Waals surface area (Å²) in [7, 11) is 0. The standard InChI is InChI=1S/C17H12IN3O4/c18-10-1-3-13-12(5-10)17(23)21(8-19-13)7-16(22)20-11-2-4-14-15(6-11)25-9-24-14/h1-6,8H,7,9H2,(H,20,22). The molecule has 1 aliphatic rings. The molecule has 3 aromatic rings. The summed E-state index contributed by atoms with van der Waals surface area (Å²) in [6.07, 6.45) is 1.39. The van der Waals surface area contributed by atoms with Gasteiger partial charge in [0, 0.05) is 15.3 Å². The fraction of sp³-hybridized carbons (Fsp3) is 0.118. The highest BCUT2D eigenvalue weighted by Crippen LogP contribution is 2.34. The van der Waals surface area contributed by atoms with Gasteiger partial charge in [0.2, 0.25) is 12.7 Å². The van der Waals surface area contributed by atoms with Gasteiger partial charge in [0.1, 0.15) is 6.54 Å². The highest BCUT2D eigenvalue weighted by atomic mass is 127. The first-order valence-electron chi connectivity index (χ1n) is 7.44. The van der Waals surface area contributed by atoms with Crippen LogP contribution in [0.3, 0.4) is 0 Å². The smallest absolute Gasteiger partial charge is 0.261 e. The summed E-state index contributed by atoms with van der Waals surface area (Å²) in [6, 6.07) is 10.6. The molecule has 25 heavy (non-hydrogen) atoms. The number of nitrogens with one attached hydrogen (secondary N) is 1. The van der Waals surface area contributed by atoms with Gasteiger partial charge in [-0.25, -0.2) is 4.98 Å². The Bertz CT molecular complexity index is 1050. The first kappa shape index (κ1) is 15.9. The molecule has 126 valence electrons. The van der Waals surface area contributed by atoms with Gasteiger partial charge in [-0.15, -0.1) is 0 Å². The van der Waals surface area contributed by atoms with Crippen LogP contribution in [-0.4, -0.2) is 22.3 Å². The monoisotopic (exact) mass is 449 g/mol. The lowest BCUT2D eigenvalue weighted by Crippen LogP contribution is -2.27. The van der Waals surface area contributed by atoms with Crippen LogP contribution in [-0.2, 0) is 11.3 Å². The van der Waals surface area contributed by atoms with Crippen molar-refractivity contribution in [1.29, 1.82) is 0 Å². The van der Waals surface area contributed by atoms with Crippen LogP contribution in [0.15, 0.2) is 47.5 Å². The van der Waals surface area contributed by atoms with Crippen LogP contribution in [0.4, 0.5) is 5.69 Å². The molecule has 2 aromatic carbocycles. The zero-order valence-corrected chi connectivity index (χ0v) is 15.0. The summed E-state index contributed by atoms with van der Waals surface area (Å²) in [6.45, 7) is 0.0470. The molecule has 7 nitrogen and oxygen atoms in total. The fourth-order valence-corrected chi connectivity index (χ4v) is 3.06. The van der Waals surface area contributed by atoms with Crippen molar-refractivity contribution in [3.63, 3.8) is 0 Å². The quantitative estimate of drug-likeness (QED) is 0.622. The van der Waals surface area contributed by atoms with Gasteiger partial charge in [0.15, 0.2) is 11.5 Å². The predicted octanol–water partition coefficient (Wildman–Crippen LogP) is 2.37. The second-order valence-electron chi connectivity index (χ2n) is 5.46. The Kier molecular flexibility index (Phi) is 4.04. The molecule has 0 unspecified atom stereocenters. The Labute approximate surface area is 155 Å². The number of benzene rings is 2. The number of amides is 1. The molecule has 1 N–H and O–H groups in total. The number of rotatable bonds is 3. The summed E-state index contributed by atoms with van der Waals surface area (Å²) in [5.41, 5.74) is 0.938. The molecule has 0 atom stereocenters. The normalized spacial score (nSPS) is 12.4. The number of ether oxygens (including phenoxy) is 2. The van der Waals surface area contributed by atoms with Crippen molar-refractivity contribution in [2.24, 2.45) is 0 Å². The lowest BCUT2D eigenvalue weighted by atomic mass is 10.2. The molecule has 2 heterocycles. The molecule has 0 radical (unpaired) electrons.